The number of ether oxygens (including phenoxy) is 1. The van der Waals surface area contributed by atoms with E-state index >= 15 is 0 Å². The summed E-state index contributed by atoms with van der Waals surface area (Å²) in [6.07, 6.45) is 35.1. The van der Waals surface area contributed by atoms with Crippen LogP contribution in [-0.2, 0) is 9.53 Å². The van der Waals surface area contributed by atoms with Crippen LogP contribution in [0.15, 0.2) is 72.9 Å². The SMILES string of the molecule is CCCCCCCCC=CC=CC=CC=CC=CC=CC(CC)(CC)C(=O)OCC. The van der Waals surface area contributed by atoms with E-state index in [2.05, 4.69) is 25.2 Å². The van der Waals surface area contributed by atoms with E-state index in [-0.39, 0.29) is 5.97 Å². The van der Waals surface area contributed by atoms with Crippen molar-refractivity contribution in [3.63, 3.8) is 0 Å². The quantitative estimate of drug-likeness (QED) is 0.136. The molecule has 0 saturated carbocycles. The molecule has 0 aromatic rings. The fourth-order valence-corrected chi connectivity index (χ4v) is 3.09. The van der Waals surface area contributed by atoms with Gasteiger partial charge in [0.05, 0.1) is 12.0 Å². The van der Waals surface area contributed by atoms with Crippen LogP contribution in [0.2, 0.25) is 0 Å². The number of rotatable bonds is 17. The summed E-state index contributed by atoms with van der Waals surface area (Å²) in [5.41, 5.74) is -0.517. The third-order valence-electron chi connectivity index (χ3n) is 5.22. The van der Waals surface area contributed by atoms with Gasteiger partial charge in [0.2, 0.25) is 0 Å². The van der Waals surface area contributed by atoms with Crippen LogP contribution in [0.5, 0.6) is 0 Å². The highest BCUT2D eigenvalue weighted by molar-refractivity contribution is 5.79. The van der Waals surface area contributed by atoms with E-state index in [1.165, 1.54) is 44.9 Å². The Morgan fingerprint density at radius 3 is 1.70 bits per heavy atom. The van der Waals surface area contributed by atoms with Gasteiger partial charge >= 0.3 is 5.97 Å². The molecule has 0 radical (unpaired) electrons. The molecule has 0 saturated heterocycles. The molecule has 30 heavy (non-hydrogen) atoms. The lowest BCUT2D eigenvalue weighted by Crippen LogP contribution is -2.29. The van der Waals surface area contributed by atoms with Gasteiger partial charge in [-0.25, -0.2) is 0 Å². The minimum atomic E-state index is -0.517. The lowest BCUT2D eigenvalue weighted by molar-refractivity contribution is -0.152. The maximum atomic E-state index is 12.2. The third-order valence-corrected chi connectivity index (χ3v) is 5.22. The smallest absolute Gasteiger partial charge is 0.315 e. The van der Waals surface area contributed by atoms with Crippen molar-refractivity contribution >= 4 is 5.97 Å². The Balaban J connectivity index is 4.15. The Kier molecular flexibility index (Phi) is 18.8. The first-order valence-corrected chi connectivity index (χ1v) is 11.8. The molecule has 2 heteroatoms. The molecule has 0 spiro atoms. The predicted molar refractivity (Wildman–Crippen MR) is 132 cm³/mol. The number of hydrogen-bond donors (Lipinski definition) is 0. The van der Waals surface area contributed by atoms with Gasteiger partial charge in [0.25, 0.3) is 0 Å². The first kappa shape index (κ1) is 27.9. The second-order valence-electron chi connectivity index (χ2n) is 7.47. The highest BCUT2D eigenvalue weighted by Crippen LogP contribution is 2.30. The molecule has 0 rings (SSSR count). The topological polar surface area (TPSA) is 26.3 Å². The lowest BCUT2D eigenvalue weighted by atomic mass is 9.82. The van der Waals surface area contributed by atoms with Gasteiger partial charge in [-0.3, -0.25) is 4.79 Å². The fourth-order valence-electron chi connectivity index (χ4n) is 3.09. The molecule has 0 heterocycles. The van der Waals surface area contributed by atoms with Crippen LogP contribution in [0.3, 0.4) is 0 Å². The molecule has 168 valence electrons. The Morgan fingerprint density at radius 2 is 1.17 bits per heavy atom. The molecule has 0 fully saturated rings. The van der Waals surface area contributed by atoms with Crippen LogP contribution in [-0.4, -0.2) is 12.6 Å². The van der Waals surface area contributed by atoms with Gasteiger partial charge in [-0.15, -0.1) is 0 Å². The van der Waals surface area contributed by atoms with Crippen molar-refractivity contribution in [3.05, 3.63) is 72.9 Å². The molecule has 0 aromatic carbocycles. The maximum Gasteiger partial charge on any atom is 0.315 e. The van der Waals surface area contributed by atoms with E-state index < -0.39 is 5.41 Å². The number of esters is 1. The van der Waals surface area contributed by atoms with E-state index in [0.29, 0.717) is 6.61 Å². The highest BCUT2D eigenvalue weighted by atomic mass is 16.5. The van der Waals surface area contributed by atoms with Gasteiger partial charge in [-0.2, -0.15) is 0 Å². The van der Waals surface area contributed by atoms with Gasteiger partial charge in [0.15, 0.2) is 0 Å². The summed E-state index contributed by atoms with van der Waals surface area (Å²) in [6, 6.07) is 0. The van der Waals surface area contributed by atoms with Crippen LogP contribution >= 0.6 is 0 Å². The predicted octanol–water partition coefficient (Wildman–Crippen LogP) is 8.44. The average Bonchev–Trinajstić information content (AvgIpc) is 2.76. The van der Waals surface area contributed by atoms with E-state index in [0.717, 1.165) is 12.8 Å². The van der Waals surface area contributed by atoms with Gasteiger partial charge < -0.3 is 4.74 Å². The minimum Gasteiger partial charge on any atom is -0.465 e. The number of unbranched alkanes of at least 4 members (excludes halogenated alkanes) is 6. The lowest BCUT2D eigenvalue weighted by Gasteiger charge is -2.25. The molecule has 0 amide bonds. The Labute approximate surface area is 186 Å². The van der Waals surface area contributed by atoms with Crippen molar-refractivity contribution in [3.8, 4) is 0 Å². The molecule has 0 aliphatic carbocycles. The van der Waals surface area contributed by atoms with Crippen LogP contribution in [0.4, 0.5) is 0 Å². The van der Waals surface area contributed by atoms with Crippen molar-refractivity contribution in [2.75, 3.05) is 6.61 Å². The number of allylic oxidation sites excluding steroid dienone is 11. The highest BCUT2D eigenvalue weighted by Gasteiger charge is 2.33. The molecular weight excluding hydrogens is 368 g/mol. The van der Waals surface area contributed by atoms with Crippen LogP contribution in [0.25, 0.3) is 0 Å². The third kappa shape index (κ3) is 14.0. The second kappa shape index (κ2) is 20.2. The summed E-state index contributed by atoms with van der Waals surface area (Å²) in [6.45, 7) is 8.57. The largest absolute Gasteiger partial charge is 0.465 e. The Hall–Kier alpha value is -2.09. The first-order chi connectivity index (χ1) is 14.7. The normalized spacial score (nSPS) is 13.3. The average molecular weight is 413 g/mol. The summed E-state index contributed by atoms with van der Waals surface area (Å²) >= 11 is 0. The summed E-state index contributed by atoms with van der Waals surface area (Å²) in [4.78, 5) is 12.2. The zero-order valence-electron chi connectivity index (χ0n) is 19.8. The molecule has 0 aromatic heterocycles. The van der Waals surface area contributed by atoms with Crippen LogP contribution in [0.1, 0.15) is 85.5 Å². The zero-order chi connectivity index (χ0) is 22.3. The van der Waals surface area contributed by atoms with E-state index in [1.807, 2.05) is 75.5 Å². The minimum absolute atomic E-state index is 0.133. The fraction of sp³-hybridized carbons (Fsp3) is 0.536. The summed E-state index contributed by atoms with van der Waals surface area (Å²) in [5, 5.41) is 0. The molecular formula is C28H44O2. The Morgan fingerprint density at radius 1 is 0.667 bits per heavy atom. The van der Waals surface area contributed by atoms with Crippen molar-refractivity contribution in [1.82, 2.24) is 0 Å². The van der Waals surface area contributed by atoms with E-state index in [9.17, 15) is 4.79 Å². The van der Waals surface area contributed by atoms with E-state index in [1.54, 1.807) is 0 Å². The van der Waals surface area contributed by atoms with E-state index in [4.69, 9.17) is 4.74 Å². The summed E-state index contributed by atoms with van der Waals surface area (Å²) in [7, 11) is 0. The van der Waals surface area contributed by atoms with Crippen molar-refractivity contribution < 1.29 is 9.53 Å². The van der Waals surface area contributed by atoms with Crippen molar-refractivity contribution in [2.24, 2.45) is 5.41 Å². The number of carbonyl (C=O) groups excluding carboxylic acids is 1. The number of carbonyl (C=O) groups is 1. The molecule has 2 nitrogen and oxygen atoms in total. The molecule has 0 atom stereocenters. The zero-order valence-corrected chi connectivity index (χ0v) is 19.8. The van der Waals surface area contributed by atoms with Gasteiger partial charge in [0, 0.05) is 0 Å². The molecule has 0 aliphatic heterocycles. The molecule has 0 aliphatic rings. The van der Waals surface area contributed by atoms with Crippen molar-refractivity contribution in [1.29, 1.82) is 0 Å². The van der Waals surface area contributed by atoms with Gasteiger partial charge in [0.1, 0.15) is 0 Å². The van der Waals surface area contributed by atoms with Crippen LogP contribution < -0.4 is 0 Å². The monoisotopic (exact) mass is 412 g/mol. The standard InChI is InChI=1S/C28H44O2/c1-5-9-10-11-12-13-14-15-16-17-18-19-20-21-22-23-24-25-26-28(6-2,7-3)27(29)30-8-4/h15-26H,5-14H2,1-4H3. The Bertz CT molecular complexity index is 584. The first-order valence-electron chi connectivity index (χ1n) is 11.8. The van der Waals surface area contributed by atoms with Crippen molar-refractivity contribution in [2.45, 2.75) is 85.5 Å². The van der Waals surface area contributed by atoms with Gasteiger partial charge in [-0.05, 0) is 32.6 Å². The molecule has 0 N–H and O–H groups in total. The number of hydrogen-bond acceptors (Lipinski definition) is 2. The maximum absolute atomic E-state index is 12.2. The van der Waals surface area contributed by atoms with Crippen LogP contribution in [0, 0.1) is 5.41 Å². The second-order valence-corrected chi connectivity index (χ2v) is 7.47. The molecule has 0 unspecified atom stereocenters. The molecule has 0 bridgehead atoms. The summed E-state index contributed by atoms with van der Waals surface area (Å²) < 4.78 is 5.23. The summed E-state index contributed by atoms with van der Waals surface area (Å²) in [5.74, 6) is -0.133. The van der Waals surface area contributed by atoms with Gasteiger partial charge in [-0.1, -0.05) is 126 Å².